The van der Waals surface area contributed by atoms with Crippen LogP contribution in [0.2, 0.25) is 0 Å². The van der Waals surface area contributed by atoms with E-state index in [1.165, 1.54) is 17.0 Å². The first-order valence-corrected chi connectivity index (χ1v) is 12.9. The van der Waals surface area contributed by atoms with E-state index in [0.717, 1.165) is 47.6 Å². The quantitative estimate of drug-likeness (QED) is 0.266. The minimum absolute atomic E-state index is 0.398. The highest BCUT2D eigenvalue weighted by Gasteiger charge is 2.22. The van der Waals surface area contributed by atoms with Gasteiger partial charge in [0.1, 0.15) is 22.8 Å². The zero-order valence-corrected chi connectivity index (χ0v) is 21.5. The van der Waals surface area contributed by atoms with E-state index < -0.39 is 0 Å². The first kappa shape index (κ1) is 23.3. The van der Waals surface area contributed by atoms with Gasteiger partial charge in [-0.15, -0.1) is 11.5 Å². The Morgan fingerprint density at radius 2 is 2.03 bits per heavy atom. The fraction of sp³-hybridized carbons (Fsp3) is 0.286. The predicted octanol–water partition coefficient (Wildman–Crippen LogP) is 5.50. The molecular formula is C28H26N4O4S. The molecule has 1 aliphatic heterocycles. The molecule has 4 heterocycles. The van der Waals surface area contributed by atoms with Crippen molar-refractivity contribution >= 4 is 33.0 Å². The standard InChI is InChI=1S/C28H26N4O4S/c1-4-18-7-9-20(10-8-18)31-11-5-6-19(15-31)17-35-24-12-21(33-2)13-25-22(24)14-26(36-25)23-16-32-27(29-23)37-28(30-32)34-3/h1,7-10,12-14,16,19H,5-6,11,15,17H2,2-3H3/t19-/m1/s1. The molecule has 0 aliphatic carbocycles. The Hall–Kier alpha value is -4.16. The molecule has 188 valence electrons. The number of nitrogens with zero attached hydrogens (tertiary/aromatic N) is 4. The van der Waals surface area contributed by atoms with Gasteiger partial charge in [-0.05, 0) is 54.5 Å². The molecule has 1 aliphatic rings. The highest BCUT2D eigenvalue weighted by molar-refractivity contribution is 7.18. The van der Waals surface area contributed by atoms with Crippen LogP contribution in [-0.4, -0.2) is 48.5 Å². The molecule has 1 atom stereocenters. The van der Waals surface area contributed by atoms with Crippen molar-refractivity contribution in [2.45, 2.75) is 12.8 Å². The molecule has 0 radical (unpaired) electrons. The van der Waals surface area contributed by atoms with Gasteiger partial charge < -0.3 is 23.5 Å². The Morgan fingerprint density at radius 1 is 1.16 bits per heavy atom. The Bertz CT molecular complexity index is 1560. The number of anilines is 1. The van der Waals surface area contributed by atoms with E-state index in [4.69, 9.17) is 25.1 Å². The van der Waals surface area contributed by atoms with Gasteiger partial charge >= 0.3 is 0 Å². The highest BCUT2D eigenvalue weighted by atomic mass is 32.1. The van der Waals surface area contributed by atoms with Gasteiger partial charge in [-0.1, -0.05) is 5.92 Å². The lowest BCUT2D eigenvalue weighted by molar-refractivity contribution is 0.230. The molecule has 0 N–H and O–H groups in total. The molecule has 1 saturated heterocycles. The lowest BCUT2D eigenvalue weighted by atomic mass is 9.98. The minimum Gasteiger partial charge on any atom is -0.496 e. The average Bonchev–Trinajstić information content (AvgIpc) is 3.65. The molecule has 0 saturated carbocycles. The third-order valence-electron chi connectivity index (χ3n) is 6.65. The van der Waals surface area contributed by atoms with Crippen molar-refractivity contribution in [2.75, 3.05) is 38.8 Å². The van der Waals surface area contributed by atoms with Gasteiger partial charge in [0, 0.05) is 42.4 Å². The Morgan fingerprint density at radius 3 is 2.78 bits per heavy atom. The van der Waals surface area contributed by atoms with Crippen LogP contribution in [0.25, 0.3) is 27.4 Å². The smallest absolute Gasteiger partial charge is 0.294 e. The summed E-state index contributed by atoms with van der Waals surface area (Å²) in [5.74, 6) is 5.14. The Labute approximate surface area is 218 Å². The summed E-state index contributed by atoms with van der Waals surface area (Å²) in [7, 11) is 3.23. The third-order valence-corrected chi connectivity index (χ3v) is 7.54. The number of hydrogen-bond acceptors (Lipinski definition) is 8. The zero-order valence-electron chi connectivity index (χ0n) is 20.6. The first-order valence-electron chi connectivity index (χ1n) is 12.1. The Kier molecular flexibility index (Phi) is 6.10. The number of aromatic nitrogens is 3. The van der Waals surface area contributed by atoms with E-state index >= 15 is 0 Å². The molecule has 0 bridgehead atoms. The monoisotopic (exact) mass is 514 g/mol. The van der Waals surface area contributed by atoms with Crippen molar-refractivity contribution in [3.8, 4) is 40.5 Å². The molecule has 2 aromatic carbocycles. The number of hydrogen-bond donors (Lipinski definition) is 0. The number of imidazole rings is 1. The molecule has 9 heteroatoms. The summed E-state index contributed by atoms with van der Waals surface area (Å²) in [6, 6.07) is 13.9. The number of furan rings is 1. The van der Waals surface area contributed by atoms with Crippen molar-refractivity contribution in [3.63, 3.8) is 0 Å². The van der Waals surface area contributed by atoms with Gasteiger partial charge in [-0.25, -0.2) is 9.50 Å². The molecule has 37 heavy (non-hydrogen) atoms. The molecule has 0 unspecified atom stereocenters. The number of methoxy groups -OCH3 is 2. The lowest BCUT2D eigenvalue weighted by Crippen LogP contribution is -2.37. The fourth-order valence-corrected chi connectivity index (χ4v) is 5.44. The van der Waals surface area contributed by atoms with Crippen LogP contribution in [0, 0.1) is 18.3 Å². The van der Waals surface area contributed by atoms with Crippen LogP contribution >= 0.6 is 11.3 Å². The fourth-order valence-electron chi connectivity index (χ4n) is 4.74. The van der Waals surface area contributed by atoms with Crippen molar-refractivity contribution in [1.82, 2.24) is 14.6 Å². The zero-order chi connectivity index (χ0) is 25.4. The van der Waals surface area contributed by atoms with Gasteiger partial charge in [0.25, 0.3) is 5.19 Å². The molecule has 6 rings (SSSR count). The van der Waals surface area contributed by atoms with Crippen LogP contribution < -0.4 is 19.1 Å². The number of piperidine rings is 1. The largest absolute Gasteiger partial charge is 0.496 e. The van der Waals surface area contributed by atoms with E-state index in [1.54, 1.807) is 18.7 Å². The summed E-state index contributed by atoms with van der Waals surface area (Å²) < 4.78 is 25.0. The summed E-state index contributed by atoms with van der Waals surface area (Å²) in [4.78, 5) is 7.78. The summed E-state index contributed by atoms with van der Waals surface area (Å²) in [6.45, 7) is 2.57. The van der Waals surface area contributed by atoms with Crippen LogP contribution in [0.1, 0.15) is 18.4 Å². The van der Waals surface area contributed by atoms with Crippen molar-refractivity contribution in [3.05, 3.63) is 54.2 Å². The molecule has 3 aromatic heterocycles. The molecule has 0 spiro atoms. The van der Waals surface area contributed by atoms with Gasteiger partial charge in [-0.2, -0.15) is 0 Å². The van der Waals surface area contributed by atoms with Crippen LogP contribution in [-0.2, 0) is 0 Å². The molecule has 5 aromatic rings. The maximum absolute atomic E-state index is 6.40. The minimum atomic E-state index is 0.398. The van der Waals surface area contributed by atoms with E-state index in [0.29, 0.717) is 40.5 Å². The number of benzene rings is 2. The molecule has 0 amide bonds. The van der Waals surface area contributed by atoms with E-state index in [1.807, 2.05) is 36.5 Å². The number of rotatable bonds is 7. The third kappa shape index (κ3) is 4.56. The maximum Gasteiger partial charge on any atom is 0.294 e. The number of terminal acetylenes is 1. The first-order chi connectivity index (χ1) is 18.1. The van der Waals surface area contributed by atoms with Crippen LogP contribution in [0.15, 0.2) is 53.1 Å². The van der Waals surface area contributed by atoms with E-state index in [-0.39, 0.29) is 0 Å². The summed E-state index contributed by atoms with van der Waals surface area (Å²) >= 11 is 1.37. The van der Waals surface area contributed by atoms with Gasteiger partial charge in [0.15, 0.2) is 5.76 Å². The van der Waals surface area contributed by atoms with E-state index in [2.05, 4.69) is 33.0 Å². The second kappa shape index (κ2) is 9.71. The van der Waals surface area contributed by atoms with Crippen LogP contribution in [0.3, 0.4) is 0 Å². The van der Waals surface area contributed by atoms with Gasteiger partial charge in [-0.3, -0.25) is 0 Å². The van der Waals surface area contributed by atoms with Crippen molar-refractivity contribution < 1.29 is 18.6 Å². The SMILES string of the molecule is C#Cc1ccc(N2CCC[C@@H](COc3cc(OC)cc4oc(-c5cn6nc(OC)sc6n5)cc34)C2)cc1. The van der Waals surface area contributed by atoms with Crippen LogP contribution in [0.4, 0.5) is 5.69 Å². The summed E-state index contributed by atoms with van der Waals surface area (Å²) in [5.41, 5.74) is 3.47. The molecule has 1 fully saturated rings. The van der Waals surface area contributed by atoms with Crippen molar-refractivity contribution in [2.24, 2.45) is 5.92 Å². The highest BCUT2D eigenvalue weighted by Crippen LogP contribution is 2.38. The van der Waals surface area contributed by atoms with Crippen molar-refractivity contribution in [1.29, 1.82) is 0 Å². The second-order valence-corrected chi connectivity index (χ2v) is 9.95. The second-order valence-electron chi connectivity index (χ2n) is 9.03. The number of fused-ring (bicyclic) bond motifs is 2. The van der Waals surface area contributed by atoms with Crippen LogP contribution in [0.5, 0.6) is 16.7 Å². The topological polar surface area (TPSA) is 74.3 Å². The van der Waals surface area contributed by atoms with Gasteiger partial charge in [0.2, 0.25) is 4.96 Å². The Balaban J connectivity index is 1.22. The molecule has 8 nitrogen and oxygen atoms in total. The van der Waals surface area contributed by atoms with E-state index in [9.17, 15) is 0 Å². The average molecular weight is 515 g/mol. The normalized spacial score (nSPS) is 15.7. The summed E-state index contributed by atoms with van der Waals surface area (Å²) in [6.07, 6.45) is 9.57. The summed E-state index contributed by atoms with van der Waals surface area (Å²) in [5, 5.41) is 5.79. The molecular weight excluding hydrogens is 488 g/mol. The maximum atomic E-state index is 6.40. The van der Waals surface area contributed by atoms with Gasteiger partial charge in [0.05, 0.1) is 32.4 Å². The predicted molar refractivity (Wildman–Crippen MR) is 144 cm³/mol. The lowest BCUT2D eigenvalue weighted by Gasteiger charge is -2.34. The number of ether oxygens (including phenoxy) is 3.